The van der Waals surface area contributed by atoms with Crippen LogP contribution in [0.1, 0.15) is 24.0 Å². The number of rotatable bonds is 8. The number of nitrogens with zero attached hydrogens (tertiary/aromatic N) is 1. The molecule has 5 heteroatoms. The lowest BCUT2D eigenvalue weighted by atomic mass is 10.2. The lowest BCUT2D eigenvalue weighted by Crippen LogP contribution is -3.28. The van der Waals surface area contributed by atoms with E-state index in [2.05, 4.69) is 36.4 Å². The van der Waals surface area contributed by atoms with Gasteiger partial charge in [-0.15, -0.1) is 0 Å². The Kier molecular flexibility index (Phi) is 6.92. The number of carbonyl (C=O) groups is 1. The van der Waals surface area contributed by atoms with E-state index in [1.165, 1.54) is 16.5 Å². The summed E-state index contributed by atoms with van der Waals surface area (Å²) in [5.41, 5.74) is 1.86. The highest BCUT2D eigenvalue weighted by atomic mass is 19.1. The van der Waals surface area contributed by atoms with Crippen molar-refractivity contribution in [2.75, 3.05) is 39.3 Å². The maximum atomic E-state index is 14.1. The topological polar surface area (TPSA) is 29.2 Å². The van der Waals surface area contributed by atoms with Gasteiger partial charge in [-0.25, -0.2) is 4.39 Å². The highest BCUT2D eigenvalue weighted by Crippen LogP contribution is 2.28. The van der Waals surface area contributed by atoms with E-state index in [0.717, 1.165) is 45.6 Å². The van der Waals surface area contributed by atoms with Crippen LogP contribution in [0.2, 0.25) is 0 Å². The molecular weight excluding hydrogens is 377 g/mol. The molecule has 0 aromatic heterocycles. The first kappa shape index (κ1) is 20.8. The number of piperazine rings is 1. The Hall–Kier alpha value is -2.50. The third-order valence-corrected chi connectivity index (χ3v) is 6.19. The van der Waals surface area contributed by atoms with Crippen molar-refractivity contribution in [3.8, 4) is 0 Å². The molecule has 0 bridgehead atoms. The van der Waals surface area contributed by atoms with E-state index in [0.29, 0.717) is 24.7 Å². The number of hydrogen-bond donors (Lipinski definition) is 2. The predicted molar refractivity (Wildman–Crippen MR) is 117 cm³/mol. The maximum absolute atomic E-state index is 14.1. The molecular formula is C25H32FN3O+2. The summed E-state index contributed by atoms with van der Waals surface area (Å²) in [6.45, 7) is 6.13. The average molecular weight is 410 g/mol. The number of quaternary nitrogens is 2. The lowest BCUT2D eigenvalue weighted by molar-refractivity contribution is -1.01. The Morgan fingerprint density at radius 3 is 2.33 bits per heavy atom. The zero-order valence-electron chi connectivity index (χ0n) is 17.5. The Morgan fingerprint density at radius 1 is 0.967 bits per heavy atom. The highest BCUT2D eigenvalue weighted by Gasteiger charge is 2.35. The van der Waals surface area contributed by atoms with Gasteiger partial charge in [0.1, 0.15) is 32.0 Å². The van der Waals surface area contributed by atoms with Crippen molar-refractivity contribution in [3.05, 3.63) is 77.6 Å². The summed E-state index contributed by atoms with van der Waals surface area (Å²) in [4.78, 5) is 17.8. The second-order valence-corrected chi connectivity index (χ2v) is 8.54. The van der Waals surface area contributed by atoms with Crippen LogP contribution in [0.15, 0.2) is 60.7 Å². The number of amides is 1. The number of hydrogen-bond acceptors (Lipinski definition) is 1. The highest BCUT2D eigenvalue weighted by molar-refractivity contribution is 5.77. The van der Waals surface area contributed by atoms with Gasteiger partial charge >= 0.3 is 0 Å². The van der Waals surface area contributed by atoms with E-state index in [1.807, 2.05) is 17.0 Å². The summed E-state index contributed by atoms with van der Waals surface area (Å²) < 4.78 is 14.1. The molecule has 1 aliphatic carbocycles. The van der Waals surface area contributed by atoms with Gasteiger partial charge in [-0.1, -0.05) is 54.6 Å². The molecule has 1 heterocycles. The monoisotopic (exact) mass is 409 g/mol. The van der Waals surface area contributed by atoms with Gasteiger partial charge < -0.3 is 14.7 Å². The molecule has 0 atom stereocenters. The largest absolute Gasteiger partial charge is 0.330 e. The fourth-order valence-corrected chi connectivity index (χ4v) is 4.20. The van der Waals surface area contributed by atoms with E-state index in [-0.39, 0.29) is 11.7 Å². The quantitative estimate of drug-likeness (QED) is 0.664. The van der Waals surface area contributed by atoms with Gasteiger partial charge in [0.25, 0.3) is 5.91 Å². The maximum Gasteiger partial charge on any atom is 0.278 e. The summed E-state index contributed by atoms with van der Waals surface area (Å²) >= 11 is 0. The predicted octanol–water partition coefficient (Wildman–Crippen LogP) is 0.814. The van der Waals surface area contributed by atoms with Crippen LogP contribution in [0.25, 0.3) is 6.08 Å². The molecule has 0 unspecified atom stereocenters. The molecule has 2 aliphatic rings. The summed E-state index contributed by atoms with van der Waals surface area (Å²) in [6.07, 6.45) is 6.53. The summed E-state index contributed by atoms with van der Waals surface area (Å²) in [6, 6.07) is 17.5. The van der Waals surface area contributed by atoms with Crippen LogP contribution >= 0.6 is 0 Å². The van der Waals surface area contributed by atoms with Crippen molar-refractivity contribution in [3.63, 3.8) is 0 Å². The van der Waals surface area contributed by atoms with Crippen molar-refractivity contribution in [1.29, 1.82) is 0 Å². The minimum Gasteiger partial charge on any atom is -0.330 e. The van der Waals surface area contributed by atoms with Crippen molar-refractivity contribution >= 4 is 12.0 Å². The molecule has 1 amide bonds. The van der Waals surface area contributed by atoms with Crippen LogP contribution < -0.4 is 9.80 Å². The fourth-order valence-electron chi connectivity index (χ4n) is 4.20. The minimum absolute atomic E-state index is 0.170. The molecule has 158 valence electrons. The molecule has 2 aromatic rings. The van der Waals surface area contributed by atoms with Crippen molar-refractivity contribution in [1.82, 2.24) is 4.90 Å². The first-order chi connectivity index (χ1) is 14.7. The first-order valence-corrected chi connectivity index (χ1v) is 11.1. The molecule has 30 heavy (non-hydrogen) atoms. The van der Waals surface area contributed by atoms with Crippen LogP contribution in [-0.4, -0.2) is 56.1 Å². The summed E-state index contributed by atoms with van der Waals surface area (Å²) in [5, 5.41) is 0. The van der Waals surface area contributed by atoms with E-state index < -0.39 is 0 Å². The van der Waals surface area contributed by atoms with Crippen LogP contribution in [0.3, 0.4) is 0 Å². The zero-order valence-corrected chi connectivity index (χ0v) is 17.5. The molecule has 4 rings (SSSR count). The Labute approximate surface area is 178 Å². The second kappa shape index (κ2) is 10.0. The van der Waals surface area contributed by atoms with Gasteiger partial charge in [0, 0.05) is 18.2 Å². The molecule has 0 radical (unpaired) electrons. The number of halogens is 1. The normalized spacial score (nSPS) is 21.6. The minimum atomic E-state index is -0.218. The van der Waals surface area contributed by atoms with Gasteiger partial charge in [-0.3, -0.25) is 4.79 Å². The molecule has 2 N–H and O–H groups in total. The fraction of sp³-hybridized carbons (Fsp3) is 0.400. The third-order valence-electron chi connectivity index (χ3n) is 6.19. The van der Waals surface area contributed by atoms with Crippen molar-refractivity contribution in [2.24, 2.45) is 0 Å². The number of carbonyl (C=O) groups excluding carboxylic acids is 1. The molecule has 2 fully saturated rings. The van der Waals surface area contributed by atoms with Gasteiger partial charge in [0.05, 0.1) is 6.54 Å². The summed E-state index contributed by atoms with van der Waals surface area (Å²) in [5.74, 6) is -0.0488. The molecule has 4 nitrogen and oxygen atoms in total. The van der Waals surface area contributed by atoms with Crippen molar-refractivity contribution in [2.45, 2.75) is 25.4 Å². The van der Waals surface area contributed by atoms with E-state index in [9.17, 15) is 9.18 Å². The van der Waals surface area contributed by atoms with Crippen LogP contribution in [-0.2, 0) is 11.3 Å². The van der Waals surface area contributed by atoms with Gasteiger partial charge in [-0.05, 0) is 30.5 Å². The Balaban J connectivity index is 1.24. The second-order valence-electron chi connectivity index (χ2n) is 8.54. The average Bonchev–Trinajstić information content (AvgIpc) is 3.60. The lowest BCUT2D eigenvalue weighted by Gasteiger charge is -2.30. The Morgan fingerprint density at radius 2 is 1.63 bits per heavy atom. The molecule has 1 saturated carbocycles. The van der Waals surface area contributed by atoms with Crippen LogP contribution in [0, 0.1) is 5.82 Å². The van der Waals surface area contributed by atoms with Crippen LogP contribution in [0.5, 0.6) is 0 Å². The standard InChI is InChI=1S/C25H30FN3O/c26-24-11-5-4-10-22(24)19-29(23-12-13-23)25(30)20-28-17-15-27(16-18-28)14-6-9-21-7-2-1-3-8-21/h1-11,23H,12-20H2/p+2/b9-6+. The molecule has 1 saturated heterocycles. The SMILES string of the molecule is O=C(C[NH+]1CC[NH+](C/C=C/c2ccccc2)CC1)N(Cc1ccccc1F)C1CC1. The zero-order chi connectivity index (χ0) is 20.8. The molecule has 2 aromatic carbocycles. The number of benzene rings is 2. The van der Waals surface area contributed by atoms with E-state index >= 15 is 0 Å². The summed E-state index contributed by atoms with van der Waals surface area (Å²) in [7, 11) is 0. The van der Waals surface area contributed by atoms with Crippen molar-refractivity contribution < 1.29 is 19.0 Å². The number of nitrogens with one attached hydrogen (secondary N) is 2. The third kappa shape index (κ3) is 5.77. The molecule has 1 aliphatic heterocycles. The Bertz CT molecular complexity index is 858. The van der Waals surface area contributed by atoms with Crippen LogP contribution in [0.4, 0.5) is 4.39 Å². The van der Waals surface area contributed by atoms with Gasteiger partial charge in [0.15, 0.2) is 6.54 Å². The van der Waals surface area contributed by atoms with E-state index in [4.69, 9.17) is 0 Å². The first-order valence-electron chi connectivity index (χ1n) is 11.1. The smallest absolute Gasteiger partial charge is 0.278 e. The molecule has 0 spiro atoms. The van der Waals surface area contributed by atoms with Gasteiger partial charge in [0.2, 0.25) is 0 Å². The van der Waals surface area contributed by atoms with E-state index in [1.54, 1.807) is 17.0 Å². The van der Waals surface area contributed by atoms with Gasteiger partial charge in [-0.2, -0.15) is 0 Å².